The van der Waals surface area contributed by atoms with Crippen LogP contribution in [0.3, 0.4) is 0 Å². The monoisotopic (exact) mass is 496 g/mol. The van der Waals surface area contributed by atoms with Crippen LogP contribution in [-0.4, -0.2) is 62.0 Å². The van der Waals surface area contributed by atoms with Gasteiger partial charge in [-0.15, -0.1) is 0 Å². The van der Waals surface area contributed by atoms with Gasteiger partial charge in [0.25, 0.3) is 0 Å². The van der Waals surface area contributed by atoms with Gasteiger partial charge in [0.15, 0.2) is 0 Å². The normalized spacial score (nSPS) is 16.7. The largest absolute Gasteiger partial charge is 0.469 e. The molecule has 1 atom stereocenters. The van der Waals surface area contributed by atoms with Gasteiger partial charge in [0, 0.05) is 6.54 Å². The van der Waals surface area contributed by atoms with Crippen LogP contribution in [-0.2, 0) is 32.0 Å². The Hall–Kier alpha value is -2.90. The molecule has 1 aliphatic heterocycles. The lowest BCUT2D eigenvalue weighted by molar-refractivity contribution is -0.156. The molecule has 0 bridgehead atoms. The number of nitrogens with zero attached hydrogens (tertiary/aromatic N) is 1. The van der Waals surface area contributed by atoms with Gasteiger partial charge in [-0.1, -0.05) is 60.7 Å². The number of amides is 1. The Labute approximate surface area is 215 Å². The van der Waals surface area contributed by atoms with E-state index >= 15 is 0 Å². The predicted octanol–water partition coefficient (Wildman–Crippen LogP) is 4.59. The number of hydrogen-bond donors (Lipinski definition) is 1. The zero-order chi connectivity index (χ0) is 26.0. The van der Waals surface area contributed by atoms with Crippen LogP contribution < -0.4 is 5.32 Å². The molecule has 36 heavy (non-hydrogen) atoms. The third kappa shape index (κ3) is 8.64. The number of ether oxygens (including phenoxy) is 3. The van der Waals surface area contributed by atoms with Crippen LogP contribution >= 0.6 is 0 Å². The number of rotatable bonds is 10. The number of carbonyl (C=O) groups is 2. The smallest absolute Gasteiger partial charge is 0.407 e. The van der Waals surface area contributed by atoms with Crippen molar-refractivity contribution in [3.63, 3.8) is 0 Å². The minimum Gasteiger partial charge on any atom is -0.469 e. The molecule has 1 unspecified atom stereocenters. The summed E-state index contributed by atoms with van der Waals surface area (Å²) >= 11 is 0. The first kappa shape index (κ1) is 27.7. The molecule has 0 aromatic heterocycles. The van der Waals surface area contributed by atoms with Crippen molar-refractivity contribution >= 4 is 12.1 Å². The van der Waals surface area contributed by atoms with E-state index in [0.717, 1.165) is 24.2 Å². The van der Waals surface area contributed by atoms with Crippen molar-refractivity contribution in [2.24, 2.45) is 5.41 Å². The van der Waals surface area contributed by atoms with E-state index in [4.69, 9.17) is 14.2 Å². The van der Waals surface area contributed by atoms with Crippen LogP contribution in [0.2, 0.25) is 0 Å². The number of carbonyl (C=O) groups excluding carboxylic acids is 2. The molecule has 0 saturated carbocycles. The molecule has 1 fully saturated rings. The summed E-state index contributed by atoms with van der Waals surface area (Å²) in [6, 6.07) is 19.8. The molecule has 2 aromatic carbocycles. The Balaban J connectivity index is 1.61. The highest BCUT2D eigenvalue weighted by Gasteiger charge is 2.42. The first-order valence-corrected chi connectivity index (χ1v) is 12.6. The Morgan fingerprint density at radius 3 is 2.11 bits per heavy atom. The number of esters is 1. The highest BCUT2D eigenvalue weighted by atomic mass is 16.6. The summed E-state index contributed by atoms with van der Waals surface area (Å²) in [5.41, 5.74) is 1.09. The quantitative estimate of drug-likeness (QED) is 0.485. The van der Waals surface area contributed by atoms with E-state index in [2.05, 4.69) is 22.3 Å². The van der Waals surface area contributed by atoms with Crippen LogP contribution in [0, 0.1) is 5.41 Å². The minimum atomic E-state index is -0.581. The van der Waals surface area contributed by atoms with Gasteiger partial charge in [0.2, 0.25) is 0 Å². The maximum Gasteiger partial charge on any atom is 0.407 e. The molecule has 7 nitrogen and oxygen atoms in total. The Morgan fingerprint density at radius 2 is 1.56 bits per heavy atom. The van der Waals surface area contributed by atoms with Gasteiger partial charge in [-0.3, -0.25) is 4.79 Å². The fourth-order valence-corrected chi connectivity index (χ4v) is 4.64. The number of likely N-dealkylation sites (tertiary alicyclic amines) is 1. The van der Waals surface area contributed by atoms with Crippen molar-refractivity contribution in [3.05, 3.63) is 71.8 Å². The highest BCUT2D eigenvalue weighted by Crippen LogP contribution is 2.36. The topological polar surface area (TPSA) is 77.1 Å². The van der Waals surface area contributed by atoms with Crippen molar-refractivity contribution in [3.8, 4) is 0 Å². The molecule has 0 aliphatic carbocycles. The number of benzene rings is 2. The number of hydrogen-bond acceptors (Lipinski definition) is 6. The van der Waals surface area contributed by atoms with Gasteiger partial charge in [-0.25, -0.2) is 4.79 Å². The van der Waals surface area contributed by atoms with Crippen molar-refractivity contribution in [1.82, 2.24) is 10.2 Å². The summed E-state index contributed by atoms with van der Waals surface area (Å²) in [4.78, 5) is 27.6. The maximum atomic E-state index is 12.8. The lowest BCUT2D eigenvalue weighted by Crippen LogP contribution is -2.52. The second-order valence-corrected chi connectivity index (χ2v) is 10.6. The van der Waals surface area contributed by atoms with E-state index in [1.165, 1.54) is 7.11 Å². The van der Waals surface area contributed by atoms with E-state index in [1.54, 1.807) is 0 Å². The number of nitrogens with one attached hydrogen (secondary N) is 1. The van der Waals surface area contributed by atoms with Gasteiger partial charge >= 0.3 is 12.1 Å². The number of piperidine rings is 1. The first-order valence-electron chi connectivity index (χ1n) is 12.6. The van der Waals surface area contributed by atoms with E-state index < -0.39 is 17.1 Å². The van der Waals surface area contributed by atoms with Crippen molar-refractivity contribution in [1.29, 1.82) is 0 Å². The predicted molar refractivity (Wildman–Crippen MR) is 140 cm³/mol. The van der Waals surface area contributed by atoms with Crippen LogP contribution in [0.5, 0.6) is 0 Å². The fraction of sp³-hybridized carbons (Fsp3) is 0.517. The van der Waals surface area contributed by atoms with Crippen molar-refractivity contribution in [2.45, 2.75) is 58.3 Å². The van der Waals surface area contributed by atoms with Crippen LogP contribution in [0.25, 0.3) is 0 Å². The molecule has 1 amide bonds. The zero-order valence-electron chi connectivity index (χ0n) is 22.0. The molecule has 7 heteroatoms. The van der Waals surface area contributed by atoms with Crippen LogP contribution in [0.1, 0.15) is 44.7 Å². The van der Waals surface area contributed by atoms with Crippen LogP contribution in [0.15, 0.2) is 60.7 Å². The molecule has 3 rings (SSSR count). The van der Waals surface area contributed by atoms with Crippen molar-refractivity contribution < 1.29 is 23.8 Å². The molecule has 1 saturated heterocycles. The van der Waals surface area contributed by atoms with E-state index in [1.807, 2.05) is 69.3 Å². The standard InChI is InChI=1S/C29H40N2O5/c1-28(2,3)36-27(33)30-25(22-35-21-24-13-9-6-10-14-24)20-31-17-15-29(16-18-31,26(32)34-4)19-23-11-7-5-8-12-23/h5-14,25H,15-22H2,1-4H3,(H,30,33). The molecule has 0 spiro atoms. The molecule has 1 N–H and O–H groups in total. The number of alkyl carbamates (subject to hydrolysis) is 1. The Kier molecular flexibility index (Phi) is 9.90. The summed E-state index contributed by atoms with van der Waals surface area (Å²) in [6.45, 7) is 8.43. The molecule has 196 valence electrons. The lowest BCUT2D eigenvalue weighted by Gasteiger charge is -2.41. The molecule has 2 aromatic rings. The number of methoxy groups -OCH3 is 1. The van der Waals surface area contributed by atoms with Crippen LogP contribution in [0.4, 0.5) is 4.79 Å². The summed E-state index contributed by atoms with van der Waals surface area (Å²) in [7, 11) is 1.46. The van der Waals surface area contributed by atoms with Gasteiger partial charge < -0.3 is 24.4 Å². The van der Waals surface area contributed by atoms with Gasteiger partial charge in [-0.2, -0.15) is 0 Å². The molecular weight excluding hydrogens is 456 g/mol. The second kappa shape index (κ2) is 12.9. The van der Waals surface area contributed by atoms with Gasteiger partial charge in [0.05, 0.1) is 31.8 Å². The van der Waals surface area contributed by atoms with E-state index in [-0.39, 0.29) is 12.0 Å². The second-order valence-electron chi connectivity index (χ2n) is 10.6. The molecule has 1 heterocycles. The zero-order valence-corrected chi connectivity index (χ0v) is 22.0. The SMILES string of the molecule is COC(=O)C1(Cc2ccccc2)CCN(CC(COCc2ccccc2)NC(=O)OC(C)(C)C)CC1. The molecular formula is C29H40N2O5. The summed E-state index contributed by atoms with van der Waals surface area (Å²) in [5.74, 6) is -0.152. The van der Waals surface area contributed by atoms with Gasteiger partial charge in [-0.05, 0) is 64.3 Å². The average molecular weight is 497 g/mol. The Bertz CT molecular complexity index is 951. The summed E-state index contributed by atoms with van der Waals surface area (Å²) in [5, 5.41) is 2.98. The molecule has 1 aliphatic rings. The van der Waals surface area contributed by atoms with E-state index in [9.17, 15) is 9.59 Å². The van der Waals surface area contributed by atoms with Crippen molar-refractivity contribution in [2.75, 3.05) is 33.4 Å². The third-order valence-electron chi connectivity index (χ3n) is 6.45. The Morgan fingerprint density at radius 1 is 0.972 bits per heavy atom. The lowest BCUT2D eigenvalue weighted by atomic mass is 9.73. The highest BCUT2D eigenvalue weighted by molar-refractivity contribution is 5.77. The fourth-order valence-electron chi connectivity index (χ4n) is 4.64. The average Bonchev–Trinajstić information content (AvgIpc) is 2.85. The molecule has 0 radical (unpaired) electrons. The first-order chi connectivity index (χ1) is 17.2. The minimum absolute atomic E-state index is 0.152. The summed E-state index contributed by atoms with van der Waals surface area (Å²) < 4.78 is 16.7. The van der Waals surface area contributed by atoms with Gasteiger partial charge in [0.1, 0.15) is 5.60 Å². The maximum absolute atomic E-state index is 12.8. The summed E-state index contributed by atoms with van der Waals surface area (Å²) in [6.07, 6.45) is 1.59. The van der Waals surface area contributed by atoms with E-state index in [0.29, 0.717) is 39.0 Å². The third-order valence-corrected chi connectivity index (χ3v) is 6.45.